The third-order valence-corrected chi connectivity index (χ3v) is 7.40. The standard InChI is InChI=1S/C10H11N3O3.C10H13N3O.C6H4N2O4.C5H10.CHI3.CH2I.CH4.CH3.2V/c14-10(12-5-1-2-6-12)9-4-3-8(7-11-9)13(15)16;11-8-3-4-9(12-7-8)10(14)13-5-1-2-6-13;9-6(10)5-2-1-4(3-7-5)8(11)12;1-2-4-5-3-1;2-1(3)4;1-2;;;;/h3-4,7H,1-2,5-6H2;3-4,7H,1-2,5-6,11H2;1-3H,(H,9,10);1-5H2;1H;1H2;1H4;1H3;;/q;;;;;-1;;-1;;. The maximum atomic E-state index is 11.8. The molecule has 2 radical (unpaired) electrons. The average molecular weight is 1320 g/mol. The molecule has 0 aromatic carbocycles. The van der Waals surface area contributed by atoms with E-state index in [-0.39, 0.29) is 86.5 Å². The van der Waals surface area contributed by atoms with Crippen molar-refractivity contribution in [2.24, 2.45) is 0 Å². The Kier molecular flexibility index (Phi) is 39.7. The zero-order valence-corrected chi connectivity index (χ0v) is 42.0. The van der Waals surface area contributed by atoms with Gasteiger partial charge in [-0.05, 0) is 49.9 Å². The van der Waals surface area contributed by atoms with Crippen LogP contribution < -0.4 is 5.73 Å². The molecule has 5 heterocycles. The number of aromatic nitrogens is 3. The van der Waals surface area contributed by atoms with Crippen molar-refractivity contribution in [2.75, 3.05) is 31.9 Å². The Morgan fingerprint density at radius 3 is 1.19 bits per heavy atom. The average Bonchev–Trinajstić information content (AvgIpc) is 3.99. The number of nitrogens with zero attached hydrogens (tertiary/aromatic N) is 7. The molecule has 1 aliphatic carbocycles. The molecule has 2 aliphatic heterocycles. The number of carbonyl (C=O) groups is 3. The number of anilines is 1. The molecule has 22 heteroatoms. The fourth-order valence-corrected chi connectivity index (χ4v) is 4.82. The van der Waals surface area contributed by atoms with E-state index in [0.29, 0.717) is 11.4 Å². The molecule has 57 heavy (non-hydrogen) atoms. The second-order valence-electron chi connectivity index (χ2n) is 11.1. The van der Waals surface area contributed by atoms with Gasteiger partial charge in [-0.25, -0.2) is 19.7 Å². The molecule has 0 atom stereocenters. The number of carbonyl (C=O) groups excluding carboxylic acids is 2. The van der Waals surface area contributed by atoms with Crippen LogP contribution in [0.1, 0.15) is 96.7 Å². The van der Waals surface area contributed by atoms with Gasteiger partial charge in [-0.15, -0.1) is 0 Å². The molecule has 0 unspecified atom stereocenters. The third-order valence-electron chi connectivity index (χ3n) is 7.40. The monoisotopic (exact) mass is 1320 g/mol. The Bertz CT molecular complexity index is 1530. The predicted octanol–water partition coefficient (Wildman–Crippen LogP) is 9.63. The van der Waals surface area contributed by atoms with Gasteiger partial charge in [-0.1, -0.05) is 107 Å². The van der Waals surface area contributed by atoms with Crippen LogP contribution in [0.4, 0.5) is 17.1 Å². The third kappa shape index (κ3) is 26.4. The van der Waals surface area contributed by atoms with Crippen molar-refractivity contribution in [2.45, 2.75) is 65.2 Å². The van der Waals surface area contributed by atoms with E-state index >= 15 is 0 Å². The molecule has 2 amide bonds. The normalized spacial score (nSPS) is 12.9. The Morgan fingerprint density at radius 1 is 0.649 bits per heavy atom. The van der Waals surface area contributed by atoms with Crippen LogP contribution in [0, 0.1) is 32.6 Å². The number of amides is 2. The summed E-state index contributed by atoms with van der Waals surface area (Å²) in [7, 11) is 0. The Hall–Kier alpha value is -1.45. The zero-order chi connectivity index (χ0) is 39.8. The minimum absolute atomic E-state index is 0. The first-order valence-corrected chi connectivity index (χ1v) is 21.5. The number of likely N-dealkylation sites (tertiary alicyclic amines) is 2. The quantitative estimate of drug-likeness (QED) is 0.0800. The van der Waals surface area contributed by atoms with Crippen LogP contribution in [0.5, 0.6) is 0 Å². The molecule has 2 saturated heterocycles. The van der Waals surface area contributed by atoms with Crippen LogP contribution in [0.25, 0.3) is 0 Å². The molecule has 6 rings (SSSR count). The van der Waals surface area contributed by atoms with Gasteiger partial charge in [-0.3, -0.25) is 34.7 Å². The Morgan fingerprint density at radius 2 is 0.947 bits per heavy atom. The summed E-state index contributed by atoms with van der Waals surface area (Å²) in [5, 5.41) is 28.9. The molecule has 0 spiro atoms. The van der Waals surface area contributed by atoms with Gasteiger partial charge in [0, 0.05) is 75.4 Å². The first-order valence-electron chi connectivity index (χ1n) is 16.2. The predicted molar refractivity (Wildman–Crippen MR) is 249 cm³/mol. The zero-order valence-electron chi connectivity index (χ0n) is 30.6. The van der Waals surface area contributed by atoms with Crippen molar-refractivity contribution in [3.63, 3.8) is 0 Å². The van der Waals surface area contributed by atoms with E-state index in [2.05, 4.69) is 87.7 Å². The summed E-state index contributed by atoms with van der Waals surface area (Å²) in [6, 6.07) is 8.26. The van der Waals surface area contributed by atoms with Gasteiger partial charge >= 0.3 is 5.97 Å². The van der Waals surface area contributed by atoms with Gasteiger partial charge in [-0.2, -0.15) is 0 Å². The first-order chi connectivity index (χ1) is 25.3. The van der Waals surface area contributed by atoms with Crippen LogP contribution in [0.3, 0.4) is 0 Å². The molecule has 16 nitrogen and oxygen atoms in total. The number of carboxylic acid groups (broad SMARTS) is 1. The van der Waals surface area contributed by atoms with E-state index < -0.39 is 15.8 Å². The summed E-state index contributed by atoms with van der Waals surface area (Å²) >= 11 is 8.85. The topological polar surface area (TPSA) is 229 Å². The van der Waals surface area contributed by atoms with Gasteiger partial charge in [0.05, 0.1) is 21.7 Å². The van der Waals surface area contributed by atoms with Crippen molar-refractivity contribution in [3.8, 4) is 0 Å². The number of hydrogen-bond acceptors (Lipinski definition) is 11. The molecule has 3 N–H and O–H groups in total. The number of halogens is 4. The molecule has 0 bridgehead atoms. The van der Waals surface area contributed by atoms with Crippen LogP contribution in [-0.4, -0.2) is 83.6 Å². The summed E-state index contributed by atoms with van der Waals surface area (Å²) in [5.74, 6) is -1.33. The maximum Gasteiger partial charge on any atom is 0.354 e. The van der Waals surface area contributed by atoms with Crippen LogP contribution in [0.2, 0.25) is 0 Å². The molecular formula is C35H48I4N8O8V2-2. The largest absolute Gasteiger partial charge is 0.477 e. The molecule has 3 aliphatic rings. The van der Waals surface area contributed by atoms with E-state index in [4.69, 9.17) is 10.8 Å². The molecule has 3 fully saturated rings. The van der Waals surface area contributed by atoms with Gasteiger partial charge in [0.25, 0.3) is 23.2 Å². The van der Waals surface area contributed by atoms with E-state index in [1.165, 1.54) is 50.4 Å². The number of alkyl halides is 3. The van der Waals surface area contributed by atoms with E-state index in [1.54, 1.807) is 17.0 Å². The number of nitro groups is 2. The van der Waals surface area contributed by atoms with Crippen LogP contribution in [0.15, 0.2) is 55.0 Å². The summed E-state index contributed by atoms with van der Waals surface area (Å²) in [6.07, 6.45) is 15.3. The van der Waals surface area contributed by atoms with Crippen molar-refractivity contribution in [1.82, 2.24) is 24.8 Å². The minimum Gasteiger partial charge on any atom is -0.477 e. The summed E-state index contributed by atoms with van der Waals surface area (Å²) < 4.78 is 0.743. The Balaban J connectivity index is -0.000000318. The molecule has 3 aromatic rings. The number of aromatic carboxylic acids is 1. The van der Waals surface area contributed by atoms with Gasteiger partial charge in [0.15, 0.2) is 0 Å². The molecule has 3 aromatic heterocycles. The van der Waals surface area contributed by atoms with Gasteiger partial charge in [0.1, 0.15) is 29.4 Å². The maximum absolute atomic E-state index is 11.8. The number of nitrogen functional groups attached to an aromatic ring is 1. The molecular weight excluding hydrogens is 1270 g/mol. The second kappa shape index (κ2) is 36.4. The Labute approximate surface area is 413 Å². The van der Waals surface area contributed by atoms with Crippen LogP contribution >= 0.6 is 90.4 Å². The van der Waals surface area contributed by atoms with Crippen LogP contribution in [-0.2, 0) is 37.1 Å². The van der Waals surface area contributed by atoms with Crippen molar-refractivity contribution in [1.29, 1.82) is 0 Å². The molecule has 1 saturated carbocycles. The smallest absolute Gasteiger partial charge is 0.354 e. The summed E-state index contributed by atoms with van der Waals surface area (Å²) in [5.41, 5.74) is 6.31. The SMILES string of the molecule is C.C1CCCC1.IC(I)I.Nc1ccc(C(=O)N2CCCC2)nc1.O=C(O)c1ccc([N+](=O)[O-])cn1.O=C(c1ccc([N+](=O)[O-])cn1)N1CCCC1.[CH2-]I.[CH3-].[V].[V]. The minimum atomic E-state index is -1.20. The number of pyridine rings is 3. The summed E-state index contributed by atoms with van der Waals surface area (Å²) in [6.45, 7) is 3.20. The number of nitrogens with two attached hydrogens (primary N) is 1. The van der Waals surface area contributed by atoms with Crippen molar-refractivity contribution >= 4 is 125 Å². The van der Waals surface area contributed by atoms with E-state index in [9.17, 15) is 34.6 Å². The van der Waals surface area contributed by atoms with Gasteiger partial charge in [0.2, 0.25) is 0 Å². The molecule has 316 valence electrons. The second-order valence-corrected chi connectivity index (χ2v) is 22.0. The number of hydrogen-bond donors (Lipinski definition) is 2. The first kappa shape index (κ1) is 62.2. The van der Waals surface area contributed by atoms with Crippen molar-refractivity contribution in [3.05, 3.63) is 105 Å². The number of rotatable bonds is 5. The van der Waals surface area contributed by atoms with E-state index in [0.717, 1.165) is 76.3 Å². The fraction of sp³-hybridized carbons (Fsp3) is 0.429. The number of carboxylic acids is 1. The van der Waals surface area contributed by atoms with Crippen molar-refractivity contribution < 1.29 is 66.4 Å². The van der Waals surface area contributed by atoms with E-state index in [1.807, 2.05) is 27.5 Å². The summed E-state index contributed by atoms with van der Waals surface area (Å²) in [4.78, 5) is 71.1. The van der Waals surface area contributed by atoms with Gasteiger partial charge < -0.3 is 50.7 Å². The fourth-order valence-electron chi connectivity index (χ4n) is 4.82.